The molecule has 0 amide bonds. The lowest BCUT2D eigenvalue weighted by atomic mass is 10.1. The van der Waals surface area contributed by atoms with E-state index in [-0.39, 0.29) is 0 Å². The van der Waals surface area contributed by atoms with Crippen molar-refractivity contribution in [1.82, 2.24) is 30.4 Å². The SMILES string of the molecule is c1ccc(-c2ccnc(-c3nnc(-c4cc(-c5ccccc5)ccn4)nn3)c2)cc1. The standard InChI is InChI=1S/C24H16N6/c1-3-7-17(8-4-1)19-11-13-25-21(15-19)23-27-29-24(30-28-23)22-16-20(12-14-26-22)18-9-5-2-6-10-18/h1-16H. The lowest BCUT2D eigenvalue weighted by Crippen LogP contribution is -2.01. The van der Waals surface area contributed by atoms with Gasteiger partial charge < -0.3 is 0 Å². The van der Waals surface area contributed by atoms with Gasteiger partial charge in [0.2, 0.25) is 11.6 Å². The molecule has 0 atom stereocenters. The van der Waals surface area contributed by atoms with Crippen molar-refractivity contribution in [3.8, 4) is 45.3 Å². The third-order valence-electron chi connectivity index (χ3n) is 4.67. The van der Waals surface area contributed by atoms with Crippen molar-refractivity contribution in [2.75, 3.05) is 0 Å². The van der Waals surface area contributed by atoms with Crippen LogP contribution < -0.4 is 0 Å². The Morgan fingerprint density at radius 2 is 0.800 bits per heavy atom. The highest BCUT2D eigenvalue weighted by molar-refractivity contribution is 5.69. The van der Waals surface area contributed by atoms with Crippen molar-refractivity contribution < 1.29 is 0 Å². The van der Waals surface area contributed by atoms with Gasteiger partial charge in [-0.1, -0.05) is 60.7 Å². The van der Waals surface area contributed by atoms with Gasteiger partial charge in [0.25, 0.3) is 0 Å². The Hall–Kier alpha value is -4.32. The van der Waals surface area contributed by atoms with E-state index in [4.69, 9.17) is 0 Å². The van der Waals surface area contributed by atoms with Crippen LogP contribution >= 0.6 is 0 Å². The molecular weight excluding hydrogens is 372 g/mol. The largest absolute Gasteiger partial charge is 0.253 e. The normalized spacial score (nSPS) is 10.7. The van der Waals surface area contributed by atoms with Crippen molar-refractivity contribution >= 4 is 0 Å². The van der Waals surface area contributed by atoms with E-state index in [0.717, 1.165) is 22.3 Å². The first-order valence-electron chi connectivity index (χ1n) is 9.48. The molecule has 0 fully saturated rings. The van der Waals surface area contributed by atoms with E-state index in [1.165, 1.54) is 0 Å². The molecule has 0 spiro atoms. The predicted molar refractivity (Wildman–Crippen MR) is 115 cm³/mol. The molecule has 5 aromatic rings. The van der Waals surface area contributed by atoms with Gasteiger partial charge in [0, 0.05) is 12.4 Å². The molecule has 0 bridgehead atoms. The highest BCUT2D eigenvalue weighted by Gasteiger charge is 2.11. The molecular formula is C24H16N6. The van der Waals surface area contributed by atoms with E-state index in [2.05, 4.69) is 30.4 Å². The van der Waals surface area contributed by atoms with Gasteiger partial charge in [0.15, 0.2) is 0 Å². The maximum absolute atomic E-state index is 4.37. The third-order valence-corrected chi connectivity index (χ3v) is 4.67. The lowest BCUT2D eigenvalue weighted by Gasteiger charge is -2.05. The van der Waals surface area contributed by atoms with E-state index in [1.54, 1.807) is 12.4 Å². The summed E-state index contributed by atoms with van der Waals surface area (Å²) in [5, 5.41) is 16.9. The zero-order chi connectivity index (χ0) is 20.2. The highest BCUT2D eigenvalue weighted by atomic mass is 15.3. The number of hydrogen-bond acceptors (Lipinski definition) is 6. The molecule has 0 radical (unpaired) electrons. The summed E-state index contributed by atoms with van der Waals surface area (Å²) in [6, 6.07) is 27.9. The van der Waals surface area contributed by atoms with Crippen LogP contribution in [0, 0.1) is 0 Å². The van der Waals surface area contributed by atoms with Crippen molar-refractivity contribution in [2.24, 2.45) is 0 Å². The molecule has 0 aliphatic heterocycles. The average molecular weight is 388 g/mol. The molecule has 5 rings (SSSR count). The van der Waals surface area contributed by atoms with Crippen LogP contribution in [0.15, 0.2) is 97.3 Å². The van der Waals surface area contributed by atoms with Gasteiger partial charge in [0.1, 0.15) is 11.4 Å². The second kappa shape index (κ2) is 7.97. The van der Waals surface area contributed by atoms with Gasteiger partial charge in [-0.05, 0) is 46.5 Å². The number of pyridine rings is 2. The van der Waals surface area contributed by atoms with E-state index in [0.29, 0.717) is 23.0 Å². The zero-order valence-electron chi connectivity index (χ0n) is 15.9. The highest BCUT2D eigenvalue weighted by Crippen LogP contribution is 2.24. The van der Waals surface area contributed by atoms with Crippen molar-refractivity contribution in [3.05, 3.63) is 97.3 Å². The van der Waals surface area contributed by atoms with Crippen LogP contribution in [0.4, 0.5) is 0 Å². The van der Waals surface area contributed by atoms with Crippen LogP contribution in [0.3, 0.4) is 0 Å². The molecule has 2 aromatic carbocycles. The molecule has 6 nitrogen and oxygen atoms in total. The van der Waals surface area contributed by atoms with E-state index >= 15 is 0 Å². The van der Waals surface area contributed by atoms with Gasteiger partial charge in [-0.25, -0.2) is 0 Å². The van der Waals surface area contributed by atoms with E-state index in [9.17, 15) is 0 Å². The topological polar surface area (TPSA) is 77.3 Å². The summed E-state index contributed by atoms with van der Waals surface area (Å²) in [5.41, 5.74) is 5.50. The molecule has 142 valence electrons. The van der Waals surface area contributed by atoms with Gasteiger partial charge in [-0.2, -0.15) is 0 Å². The summed E-state index contributed by atoms with van der Waals surface area (Å²) < 4.78 is 0. The number of nitrogens with zero attached hydrogens (tertiary/aromatic N) is 6. The minimum atomic E-state index is 0.371. The third kappa shape index (κ3) is 3.66. The fourth-order valence-electron chi connectivity index (χ4n) is 3.16. The molecule has 0 aliphatic carbocycles. The molecule has 0 saturated carbocycles. The summed E-state index contributed by atoms with van der Waals surface area (Å²) in [6.45, 7) is 0. The average Bonchev–Trinajstić information content (AvgIpc) is 2.85. The van der Waals surface area contributed by atoms with Crippen LogP contribution in [0.5, 0.6) is 0 Å². The van der Waals surface area contributed by atoms with Crippen LogP contribution in [0.1, 0.15) is 0 Å². The quantitative estimate of drug-likeness (QED) is 0.443. The van der Waals surface area contributed by atoms with Crippen LogP contribution in [-0.4, -0.2) is 30.4 Å². The molecule has 0 unspecified atom stereocenters. The summed E-state index contributed by atoms with van der Waals surface area (Å²) in [6.07, 6.45) is 3.47. The smallest absolute Gasteiger partial charge is 0.221 e. The lowest BCUT2D eigenvalue weighted by molar-refractivity contribution is 0.865. The maximum Gasteiger partial charge on any atom is 0.221 e. The van der Waals surface area contributed by atoms with Gasteiger partial charge in [-0.3, -0.25) is 9.97 Å². The van der Waals surface area contributed by atoms with Crippen LogP contribution in [0.25, 0.3) is 45.3 Å². The van der Waals surface area contributed by atoms with Gasteiger partial charge >= 0.3 is 0 Å². The monoisotopic (exact) mass is 388 g/mol. The summed E-state index contributed by atoms with van der Waals surface area (Å²) >= 11 is 0. The van der Waals surface area contributed by atoms with Crippen LogP contribution in [0.2, 0.25) is 0 Å². The van der Waals surface area contributed by atoms with Crippen molar-refractivity contribution in [2.45, 2.75) is 0 Å². The molecule has 0 N–H and O–H groups in total. The minimum Gasteiger partial charge on any atom is -0.253 e. The second-order valence-corrected chi connectivity index (χ2v) is 6.64. The predicted octanol–water partition coefficient (Wildman–Crippen LogP) is 4.72. The Kier molecular flexibility index (Phi) is 4.72. The Balaban J connectivity index is 1.44. The molecule has 6 heteroatoms. The first-order chi connectivity index (χ1) is 14.9. The van der Waals surface area contributed by atoms with Crippen molar-refractivity contribution in [1.29, 1.82) is 0 Å². The second-order valence-electron chi connectivity index (χ2n) is 6.64. The first kappa shape index (κ1) is 17.8. The number of hydrogen-bond donors (Lipinski definition) is 0. The number of rotatable bonds is 4. The number of benzene rings is 2. The fraction of sp³-hybridized carbons (Fsp3) is 0. The molecule has 0 aliphatic rings. The number of aromatic nitrogens is 6. The minimum absolute atomic E-state index is 0.371. The summed E-state index contributed by atoms with van der Waals surface area (Å²) in [4.78, 5) is 8.74. The zero-order valence-corrected chi connectivity index (χ0v) is 15.9. The van der Waals surface area contributed by atoms with Crippen LogP contribution in [-0.2, 0) is 0 Å². The molecule has 3 heterocycles. The Labute approximate surface area is 173 Å². The van der Waals surface area contributed by atoms with Gasteiger partial charge in [-0.15, -0.1) is 20.4 Å². The fourth-order valence-corrected chi connectivity index (χ4v) is 3.16. The van der Waals surface area contributed by atoms with E-state index in [1.807, 2.05) is 84.9 Å². The Morgan fingerprint density at radius 1 is 0.400 bits per heavy atom. The Morgan fingerprint density at radius 3 is 1.20 bits per heavy atom. The maximum atomic E-state index is 4.37. The molecule has 3 aromatic heterocycles. The van der Waals surface area contributed by atoms with Gasteiger partial charge in [0.05, 0.1) is 0 Å². The van der Waals surface area contributed by atoms with E-state index < -0.39 is 0 Å². The first-order valence-corrected chi connectivity index (χ1v) is 9.48. The Bertz CT molecular complexity index is 1170. The van der Waals surface area contributed by atoms with Crippen molar-refractivity contribution in [3.63, 3.8) is 0 Å². The molecule has 30 heavy (non-hydrogen) atoms. The summed E-state index contributed by atoms with van der Waals surface area (Å²) in [7, 11) is 0. The summed E-state index contributed by atoms with van der Waals surface area (Å²) in [5.74, 6) is 0.742. The molecule has 0 saturated heterocycles.